The summed E-state index contributed by atoms with van der Waals surface area (Å²) < 4.78 is 40.8. The van der Waals surface area contributed by atoms with E-state index in [0.717, 1.165) is 18.7 Å². The van der Waals surface area contributed by atoms with Gasteiger partial charge in [-0.3, -0.25) is 10.1 Å². The van der Waals surface area contributed by atoms with E-state index >= 15 is 0 Å². The molecule has 0 aliphatic heterocycles. The number of benzene rings is 1. The first-order valence-electron chi connectivity index (χ1n) is 9.43. The molecule has 1 aromatic carbocycles. The van der Waals surface area contributed by atoms with Gasteiger partial charge in [0.05, 0.1) is 42.2 Å². The molecule has 0 spiro atoms. The number of azo groups is 1. The van der Waals surface area contributed by atoms with Crippen molar-refractivity contribution in [1.82, 2.24) is 0 Å². The van der Waals surface area contributed by atoms with Gasteiger partial charge in [0.2, 0.25) is 6.04 Å². The molecule has 12 heteroatoms. The van der Waals surface area contributed by atoms with E-state index < -0.39 is 34.3 Å². The Labute approximate surface area is 190 Å². The largest absolute Gasteiger partial charge is 0.415 e. The molecule has 1 aromatic rings. The van der Waals surface area contributed by atoms with Crippen molar-refractivity contribution in [3.63, 3.8) is 0 Å². The van der Waals surface area contributed by atoms with E-state index in [-0.39, 0.29) is 23.0 Å². The SMILES string of the molecule is CC1C(C(F)(F)F)=C(N=Nc2ccc(N(CCC#N)CCC#N)cc2)C(Br)=CC1[N+](=O)[O-]. The lowest BCUT2D eigenvalue weighted by Gasteiger charge is -2.25. The van der Waals surface area contributed by atoms with Gasteiger partial charge in [0, 0.05) is 34.3 Å². The molecular formula is C20H18BrF3N6O2. The summed E-state index contributed by atoms with van der Waals surface area (Å²) in [5.74, 6) is -1.43. The van der Waals surface area contributed by atoms with Crippen LogP contribution in [0.25, 0.3) is 0 Å². The Hall–Kier alpha value is -3.25. The van der Waals surface area contributed by atoms with Crippen LogP contribution in [0, 0.1) is 38.7 Å². The lowest BCUT2D eigenvalue weighted by Crippen LogP contribution is -2.35. The molecule has 2 rings (SSSR count). The second kappa shape index (κ2) is 10.9. The molecule has 0 aromatic heterocycles. The molecule has 32 heavy (non-hydrogen) atoms. The fourth-order valence-corrected chi connectivity index (χ4v) is 3.77. The third kappa shape index (κ3) is 6.14. The predicted octanol–water partition coefficient (Wildman–Crippen LogP) is 5.79. The minimum Gasteiger partial charge on any atom is -0.369 e. The van der Waals surface area contributed by atoms with Crippen molar-refractivity contribution in [3.05, 3.63) is 56.2 Å². The molecule has 0 heterocycles. The zero-order valence-corrected chi connectivity index (χ0v) is 18.5. The van der Waals surface area contributed by atoms with Crippen molar-refractivity contribution in [2.45, 2.75) is 32.0 Å². The van der Waals surface area contributed by atoms with Crippen molar-refractivity contribution in [3.8, 4) is 12.1 Å². The van der Waals surface area contributed by atoms with Gasteiger partial charge >= 0.3 is 6.18 Å². The van der Waals surface area contributed by atoms with Gasteiger partial charge in [-0.05, 0) is 40.2 Å². The summed E-state index contributed by atoms with van der Waals surface area (Å²) in [5, 5.41) is 36.4. The summed E-state index contributed by atoms with van der Waals surface area (Å²) >= 11 is 2.96. The number of anilines is 1. The Morgan fingerprint density at radius 2 is 1.72 bits per heavy atom. The summed E-state index contributed by atoms with van der Waals surface area (Å²) in [6, 6.07) is 8.96. The van der Waals surface area contributed by atoms with E-state index in [0.29, 0.717) is 13.1 Å². The highest BCUT2D eigenvalue weighted by molar-refractivity contribution is 9.12. The third-order valence-corrected chi connectivity index (χ3v) is 5.42. The summed E-state index contributed by atoms with van der Waals surface area (Å²) in [5.41, 5.74) is -0.622. The maximum atomic E-state index is 13.6. The lowest BCUT2D eigenvalue weighted by atomic mass is 9.87. The second-order valence-corrected chi connectivity index (χ2v) is 7.71. The molecule has 0 amide bonds. The lowest BCUT2D eigenvalue weighted by molar-refractivity contribution is -0.517. The average molecular weight is 511 g/mol. The smallest absolute Gasteiger partial charge is 0.369 e. The van der Waals surface area contributed by atoms with E-state index in [1.807, 2.05) is 17.0 Å². The minimum atomic E-state index is -4.82. The van der Waals surface area contributed by atoms with Crippen molar-refractivity contribution < 1.29 is 18.1 Å². The molecule has 0 bridgehead atoms. The molecule has 1 aliphatic carbocycles. The van der Waals surface area contributed by atoms with E-state index in [4.69, 9.17) is 10.5 Å². The van der Waals surface area contributed by atoms with Gasteiger partial charge in [-0.15, -0.1) is 5.11 Å². The highest BCUT2D eigenvalue weighted by Gasteiger charge is 2.48. The average Bonchev–Trinajstić information content (AvgIpc) is 2.73. The van der Waals surface area contributed by atoms with Gasteiger partial charge in [-0.1, -0.05) is 6.92 Å². The normalized spacial score (nSPS) is 18.8. The molecule has 0 saturated carbocycles. The first-order chi connectivity index (χ1) is 15.1. The van der Waals surface area contributed by atoms with E-state index in [9.17, 15) is 23.3 Å². The van der Waals surface area contributed by atoms with Crippen LogP contribution in [-0.2, 0) is 0 Å². The Balaban J connectivity index is 2.33. The number of hydrogen-bond donors (Lipinski definition) is 0. The molecule has 0 fully saturated rings. The Morgan fingerprint density at radius 3 is 2.19 bits per heavy atom. The third-order valence-electron chi connectivity index (χ3n) is 4.78. The van der Waals surface area contributed by atoms with Crippen molar-refractivity contribution in [2.24, 2.45) is 16.1 Å². The molecule has 0 saturated heterocycles. The standard InChI is InChI=1S/C20H18BrF3N6O2/c1-13-17(30(31)32)12-16(21)19(18(13)20(22,23)24)28-27-14-4-6-15(7-5-14)29(10-2-8-25)11-3-9-26/h4-7,12-13,17H,2-3,10-11H2,1H3. The molecule has 168 valence electrons. The monoisotopic (exact) mass is 510 g/mol. The molecule has 1 aliphatic rings. The van der Waals surface area contributed by atoms with Gasteiger partial charge in [-0.2, -0.15) is 28.8 Å². The predicted molar refractivity (Wildman–Crippen MR) is 114 cm³/mol. The van der Waals surface area contributed by atoms with Crippen molar-refractivity contribution in [2.75, 3.05) is 18.0 Å². The van der Waals surface area contributed by atoms with Crippen LogP contribution in [0.5, 0.6) is 0 Å². The molecule has 2 atom stereocenters. The van der Waals surface area contributed by atoms with E-state index in [2.05, 4.69) is 26.2 Å². The quantitative estimate of drug-likeness (QED) is 0.249. The second-order valence-electron chi connectivity index (χ2n) is 6.86. The van der Waals surface area contributed by atoms with Crippen LogP contribution in [0.1, 0.15) is 19.8 Å². The number of allylic oxidation sites excluding steroid dienone is 1. The highest BCUT2D eigenvalue weighted by Crippen LogP contribution is 2.43. The Bertz CT molecular complexity index is 1000. The zero-order chi connectivity index (χ0) is 23.9. The van der Waals surface area contributed by atoms with Gasteiger partial charge < -0.3 is 4.90 Å². The molecule has 8 nitrogen and oxygen atoms in total. The molecule has 2 unspecified atom stereocenters. The molecule has 0 radical (unpaired) electrons. The van der Waals surface area contributed by atoms with Gasteiger partial charge in [0.25, 0.3) is 0 Å². The number of halogens is 4. The number of alkyl halides is 3. The topological polar surface area (TPSA) is 119 Å². The first-order valence-corrected chi connectivity index (χ1v) is 10.2. The van der Waals surface area contributed by atoms with Crippen molar-refractivity contribution in [1.29, 1.82) is 10.5 Å². The van der Waals surface area contributed by atoms with Crippen molar-refractivity contribution >= 4 is 27.3 Å². The van der Waals surface area contributed by atoms with Gasteiger partial charge in [0.15, 0.2) is 0 Å². The van der Waals surface area contributed by atoms with Crippen LogP contribution in [0.2, 0.25) is 0 Å². The van der Waals surface area contributed by atoms with Crippen LogP contribution in [0.15, 0.2) is 56.3 Å². The van der Waals surface area contributed by atoms with Crippen LogP contribution >= 0.6 is 15.9 Å². The van der Waals surface area contributed by atoms with E-state index in [1.165, 1.54) is 0 Å². The summed E-state index contributed by atoms with van der Waals surface area (Å²) in [6.45, 7) is 1.98. The van der Waals surface area contributed by atoms with Gasteiger partial charge in [0.1, 0.15) is 5.70 Å². The summed E-state index contributed by atoms with van der Waals surface area (Å²) in [7, 11) is 0. The number of hydrogen-bond acceptors (Lipinski definition) is 7. The maximum Gasteiger partial charge on any atom is 0.415 e. The van der Waals surface area contributed by atoms with E-state index in [1.54, 1.807) is 24.3 Å². The van der Waals surface area contributed by atoms with Crippen LogP contribution < -0.4 is 4.90 Å². The van der Waals surface area contributed by atoms with Crippen LogP contribution in [-0.4, -0.2) is 30.2 Å². The number of nitrogens with zero attached hydrogens (tertiary/aromatic N) is 6. The first kappa shape index (κ1) is 25.0. The maximum absolute atomic E-state index is 13.6. The van der Waals surface area contributed by atoms with Crippen LogP contribution in [0.4, 0.5) is 24.5 Å². The van der Waals surface area contributed by atoms with Crippen LogP contribution in [0.3, 0.4) is 0 Å². The number of nitro groups is 1. The Kier molecular flexibility index (Phi) is 8.49. The number of rotatable bonds is 8. The molecular weight excluding hydrogens is 493 g/mol. The molecule has 0 N–H and O–H groups in total. The highest BCUT2D eigenvalue weighted by atomic mass is 79.9. The minimum absolute atomic E-state index is 0.149. The number of nitriles is 2. The fraction of sp³-hybridized carbons (Fsp3) is 0.400. The summed E-state index contributed by atoms with van der Waals surface area (Å²) in [6.07, 6.45) is -3.20. The Morgan fingerprint density at radius 1 is 1.16 bits per heavy atom. The fourth-order valence-electron chi connectivity index (χ4n) is 3.20. The summed E-state index contributed by atoms with van der Waals surface area (Å²) in [4.78, 5) is 12.2. The zero-order valence-electron chi connectivity index (χ0n) is 16.9. The van der Waals surface area contributed by atoms with Gasteiger partial charge in [-0.25, -0.2) is 0 Å².